The van der Waals surface area contributed by atoms with Gasteiger partial charge in [-0.1, -0.05) is 75.7 Å². The van der Waals surface area contributed by atoms with E-state index in [9.17, 15) is 0 Å². The SMILES string of the molecule is CC(C)(C)C.CCOC.Cc1ccc(S)cc1.NC1CCc2cc(/C=C/CO)ccc21. The van der Waals surface area contributed by atoms with Crippen LogP contribution in [0.25, 0.3) is 6.08 Å². The molecule has 0 heterocycles. The Labute approximate surface area is 196 Å². The fraction of sp³-hybridized carbons (Fsp3) is 0.481. The number of aliphatic hydroxyl groups excluding tert-OH is 1. The number of aryl methyl sites for hydroxylation is 2. The van der Waals surface area contributed by atoms with Crippen molar-refractivity contribution >= 4 is 18.7 Å². The highest BCUT2D eigenvalue weighted by molar-refractivity contribution is 7.80. The van der Waals surface area contributed by atoms with E-state index >= 15 is 0 Å². The van der Waals surface area contributed by atoms with Crippen LogP contribution in [-0.4, -0.2) is 25.4 Å². The van der Waals surface area contributed by atoms with Gasteiger partial charge in [0.05, 0.1) is 6.61 Å². The molecule has 0 aliphatic heterocycles. The molecule has 1 aliphatic rings. The molecule has 0 bridgehead atoms. The summed E-state index contributed by atoms with van der Waals surface area (Å²) in [7, 11) is 1.68. The van der Waals surface area contributed by atoms with Crippen LogP contribution in [0.1, 0.15) is 69.3 Å². The van der Waals surface area contributed by atoms with Gasteiger partial charge in [0.2, 0.25) is 0 Å². The lowest BCUT2D eigenvalue weighted by Gasteiger charge is -2.05. The number of fused-ring (bicyclic) bond motifs is 1. The molecule has 0 fully saturated rings. The van der Waals surface area contributed by atoms with E-state index in [1.165, 1.54) is 16.7 Å². The second-order valence-corrected chi connectivity index (χ2v) is 9.62. The maximum absolute atomic E-state index is 8.66. The fourth-order valence-electron chi connectivity index (χ4n) is 2.51. The normalized spacial score (nSPS) is 14.5. The quantitative estimate of drug-likeness (QED) is 0.465. The first-order valence-electron chi connectivity index (χ1n) is 10.9. The summed E-state index contributed by atoms with van der Waals surface area (Å²) >= 11 is 4.13. The molecule has 0 saturated heterocycles. The molecule has 0 aromatic heterocycles. The van der Waals surface area contributed by atoms with Gasteiger partial charge < -0.3 is 15.6 Å². The highest BCUT2D eigenvalue weighted by Gasteiger charge is 2.18. The first-order chi connectivity index (χ1) is 14.5. The number of methoxy groups -OCH3 is 1. The van der Waals surface area contributed by atoms with E-state index in [2.05, 4.69) is 70.2 Å². The van der Waals surface area contributed by atoms with Crippen molar-refractivity contribution in [2.75, 3.05) is 20.3 Å². The maximum atomic E-state index is 8.66. The van der Waals surface area contributed by atoms with Crippen molar-refractivity contribution < 1.29 is 9.84 Å². The minimum Gasteiger partial charge on any atom is -0.392 e. The molecule has 1 aliphatic carbocycles. The molecule has 3 nitrogen and oxygen atoms in total. The van der Waals surface area contributed by atoms with Gasteiger partial charge in [-0.3, -0.25) is 0 Å². The van der Waals surface area contributed by atoms with Crippen LogP contribution in [0.2, 0.25) is 0 Å². The summed E-state index contributed by atoms with van der Waals surface area (Å²) in [5.41, 5.74) is 11.5. The summed E-state index contributed by atoms with van der Waals surface area (Å²) in [6, 6.07) is 14.6. The van der Waals surface area contributed by atoms with Crippen molar-refractivity contribution in [1.82, 2.24) is 0 Å². The van der Waals surface area contributed by atoms with Crippen LogP contribution in [-0.2, 0) is 11.2 Å². The van der Waals surface area contributed by atoms with Gasteiger partial charge in [0.1, 0.15) is 0 Å². The zero-order valence-electron chi connectivity index (χ0n) is 20.5. The number of benzene rings is 2. The van der Waals surface area contributed by atoms with E-state index in [1.54, 1.807) is 13.2 Å². The summed E-state index contributed by atoms with van der Waals surface area (Å²) in [5, 5.41) is 8.66. The minimum absolute atomic E-state index is 0.0938. The molecule has 3 N–H and O–H groups in total. The number of nitrogens with two attached hydrogens (primary N) is 1. The van der Waals surface area contributed by atoms with Crippen molar-refractivity contribution in [2.45, 2.75) is 65.3 Å². The van der Waals surface area contributed by atoms with Crippen LogP contribution in [0.3, 0.4) is 0 Å². The molecular weight excluding hydrogens is 402 g/mol. The average molecular weight is 446 g/mol. The third-order valence-corrected chi connectivity index (χ3v) is 4.33. The topological polar surface area (TPSA) is 55.5 Å². The van der Waals surface area contributed by atoms with E-state index < -0.39 is 0 Å². The molecule has 4 heteroatoms. The summed E-state index contributed by atoms with van der Waals surface area (Å²) in [6.07, 6.45) is 5.82. The smallest absolute Gasteiger partial charge is 0.0615 e. The molecule has 1 atom stereocenters. The average Bonchev–Trinajstić information content (AvgIpc) is 3.08. The lowest BCUT2D eigenvalue weighted by atomic mass is 10.0. The Morgan fingerprint density at radius 3 is 2.13 bits per heavy atom. The number of rotatable bonds is 3. The Hall–Kier alpha value is -1.59. The van der Waals surface area contributed by atoms with Gasteiger partial charge in [-0.15, -0.1) is 12.6 Å². The van der Waals surface area contributed by atoms with Crippen molar-refractivity contribution in [3.63, 3.8) is 0 Å². The second kappa shape index (κ2) is 16.1. The highest BCUT2D eigenvalue weighted by atomic mass is 32.1. The van der Waals surface area contributed by atoms with Crippen LogP contribution in [0.15, 0.2) is 53.4 Å². The number of hydrogen-bond acceptors (Lipinski definition) is 4. The van der Waals surface area contributed by atoms with Crippen LogP contribution < -0.4 is 5.73 Å². The maximum Gasteiger partial charge on any atom is 0.0615 e. The van der Waals surface area contributed by atoms with Crippen LogP contribution in [0.4, 0.5) is 0 Å². The van der Waals surface area contributed by atoms with Crippen molar-refractivity contribution in [3.05, 3.63) is 70.8 Å². The van der Waals surface area contributed by atoms with Gasteiger partial charge in [-0.2, -0.15) is 0 Å². The van der Waals surface area contributed by atoms with Crippen molar-refractivity contribution in [1.29, 1.82) is 0 Å². The molecule has 0 amide bonds. The van der Waals surface area contributed by atoms with E-state index in [4.69, 9.17) is 10.8 Å². The van der Waals surface area contributed by atoms with Crippen molar-refractivity contribution in [2.24, 2.45) is 11.1 Å². The van der Waals surface area contributed by atoms with E-state index in [-0.39, 0.29) is 12.6 Å². The zero-order valence-corrected chi connectivity index (χ0v) is 21.4. The zero-order chi connectivity index (χ0) is 23.9. The van der Waals surface area contributed by atoms with Gasteiger partial charge in [-0.05, 0) is 60.9 Å². The summed E-state index contributed by atoms with van der Waals surface area (Å²) in [5.74, 6) is 0. The molecule has 1 unspecified atom stereocenters. The first kappa shape index (κ1) is 29.4. The Morgan fingerprint density at radius 1 is 1.13 bits per heavy atom. The predicted octanol–water partition coefficient (Wildman–Crippen LogP) is 6.63. The third-order valence-electron chi connectivity index (χ3n) is 4.03. The van der Waals surface area contributed by atoms with E-state index in [0.717, 1.165) is 29.9 Å². The van der Waals surface area contributed by atoms with Crippen LogP contribution in [0, 0.1) is 12.3 Å². The molecule has 2 aromatic carbocycles. The molecule has 31 heavy (non-hydrogen) atoms. The number of aliphatic hydroxyl groups is 1. The van der Waals surface area contributed by atoms with E-state index in [0.29, 0.717) is 5.41 Å². The Kier molecular flexibility index (Phi) is 15.3. The van der Waals surface area contributed by atoms with Gasteiger partial charge in [0.15, 0.2) is 0 Å². The van der Waals surface area contributed by atoms with Gasteiger partial charge >= 0.3 is 0 Å². The molecular formula is C27H43NO2S. The summed E-state index contributed by atoms with van der Waals surface area (Å²) in [4.78, 5) is 1.02. The highest BCUT2D eigenvalue weighted by Crippen LogP contribution is 2.29. The number of hydrogen-bond donors (Lipinski definition) is 3. The molecule has 0 saturated carbocycles. The molecule has 0 radical (unpaired) electrons. The third kappa shape index (κ3) is 15.8. The van der Waals surface area contributed by atoms with Gasteiger partial charge in [-0.25, -0.2) is 0 Å². The van der Waals surface area contributed by atoms with E-state index in [1.807, 2.05) is 37.3 Å². The standard InChI is InChI=1S/C12H15NO.C7H8S.C5H12.C3H8O/c13-12-6-4-10-8-9(2-1-7-14)3-5-11(10)12;1-6-2-4-7(8)5-3-6;1-5(2,3)4;1-3-4-2/h1-3,5,8,12,14H,4,6-7,13H2;2-5,8H,1H3;1-4H3;3H2,1-2H3/b2-1+;;;. The first-order valence-corrected chi connectivity index (χ1v) is 11.4. The lowest BCUT2D eigenvalue weighted by molar-refractivity contribution is 0.215. The largest absolute Gasteiger partial charge is 0.392 e. The second-order valence-electron chi connectivity index (χ2n) is 9.10. The number of thiol groups is 1. The molecule has 2 aromatic rings. The Balaban J connectivity index is 0.000000449. The Bertz CT molecular complexity index is 720. The van der Waals surface area contributed by atoms with Gasteiger partial charge in [0.25, 0.3) is 0 Å². The summed E-state index contributed by atoms with van der Waals surface area (Å²) in [6.45, 7) is 13.7. The summed E-state index contributed by atoms with van der Waals surface area (Å²) < 4.78 is 4.54. The van der Waals surface area contributed by atoms with Crippen LogP contribution >= 0.6 is 12.6 Å². The van der Waals surface area contributed by atoms with Gasteiger partial charge in [0, 0.05) is 24.7 Å². The molecule has 0 spiro atoms. The lowest BCUT2D eigenvalue weighted by Crippen LogP contribution is -2.04. The predicted molar refractivity (Wildman–Crippen MR) is 139 cm³/mol. The molecule has 3 rings (SSSR count). The number of ether oxygens (including phenoxy) is 1. The van der Waals surface area contributed by atoms with Crippen molar-refractivity contribution in [3.8, 4) is 0 Å². The van der Waals surface area contributed by atoms with Crippen LogP contribution in [0.5, 0.6) is 0 Å². The fourth-order valence-corrected chi connectivity index (χ4v) is 2.66. The Morgan fingerprint density at radius 2 is 1.68 bits per heavy atom. The minimum atomic E-state index is 0.0938. The monoisotopic (exact) mass is 445 g/mol. The molecule has 174 valence electrons.